The Kier molecular flexibility index (Phi) is 10.1. The summed E-state index contributed by atoms with van der Waals surface area (Å²) < 4.78 is 5.84. The summed E-state index contributed by atoms with van der Waals surface area (Å²) in [6.45, 7) is 2.38. The number of nitrogens with zero attached hydrogens (tertiary/aromatic N) is 2. The van der Waals surface area contributed by atoms with Gasteiger partial charge in [0.2, 0.25) is 0 Å². The Labute approximate surface area is 150 Å². The van der Waals surface area contributed by atoms with Crippen LogP contribution in [0.25, 0.3) is 0 Å². The molecule has 1 heterocycles. The van der Waals surface area contributed by atoms with Crippen LogP contribution in [0.2, 0.25) is 0 Å². The fourth-order valence-corrected chi connectivity index (χ4v) is 2.48. The number of guanidine groups is 1. The first kappa shape index (κ1) is 19.2. The molecule has 5 nitrogen and oxygen atoms in total. The maximum Gasteiger partial charge on any atom is 0.191 e. The van der Waals surface area contributed by atoms with E-state index in [1.54, 1.807) is 13.2 Å². The summed E-state index contributed by atoms with van der Waals surface area (Å²) in [5.41, 5.74) is 1.00. The van der Waals surface area contributed by atoms with E-state index >= 15 is 0 Å². The second-order valence-corrected chi connectivity index (χ2v) is 5.30. The van der Waals surface area contributed by atoms with Gasteiger partial charge < -0.3 is 15.4 Å². The van der Waals surface area contributed by atoms with Gasteiger partial charge in [-0.25, -0.2) is 0 Å². The highest BCUT2D eigenvalue weighted by Gasteiger charge is 2.14. The van der Waals surface area contributed by atoms with Crippen molar-refractivity contribution in [2.45, 2.75) is 44.8 Å². The molecule has 1 aliphatic carbocycles. The van der Waals surface area contributed by atoms with Gasteiger partial charge in [0.05, 0.1) is 18.3 Å². The van der Waals surface area contributed by atoms with E-state index in [2.05, 4.69) is 20.6 Å². The minimum atomic E-state index is 0. The topological polar surface area (TPSA) is 58.5 Å². The van der Waals surface area contributed by atoms with E-state index in [0.29, 0.717) is 12.6 Å². The number of pyridine rings is 1. The summed E-state index contributed by atoms with van der Waals surface area (Å²) in [7, 11) is 1.78. The molecule has 6 heteroatoms. The van der Waals surface area contributed by atoms with E-state index in [-0.39, 0.29) is 24.0 Å². The Morgan fingerprint density at radius 2 is 2.14 bits per heavy atom. The van der Waals surface area contributed by atoms with Crippen molar-refractivity contribution in [1.82, 2.24) is 15.6 Å². The van der Waals surface area contributed by atoms with Crippen molar-refractivity contribution in [3.8, 4) is 0 Å². The molecule has 0 amide bonds. The number of hydrogen-bond donors (Lipinski definition) is 2. The molecule has 0 aliphatic heterocycles. The van der Waals surface area contributed by atoms with Crippen LogP contribution < -0.4 is 10.6 Å². The molecule has 1 aromatic heterocycles. The monoisotopic (exact) mass is 418 g/mol. The van der Waals surface area contributed by atoms with Crippen molar-refractivity contribution in [1.29, 1.82) is 0 Å². The lowest BCUT2D eigenvalue weighted by Crippen LogP contribution is -2.37. The summed E-state index contributed by atoms with van der Waals surface area (Å²) in [5.74, 6) is 0.807. The number of aliphatic imine (C=N–C) groups is 1. The van der Waals surface area contributed by atoms with E-state index in [4.69, 9.17) is 4.74 Å². The number of ether oxygens (including phenoxy) is 1. The normalized spacial score (nSPS) is 15.4. The molecule has 0 unspecified atom stereocenters. The second kappa shape index (κ2) is 11.6. The standard InChI is InChI=1S/C16H26N4O.HI/c1-17-16(20-13-14-7-4-5-10-18-14)19-11-6-12-21-15-8-2-3-9-15;/h4-5,7,10,15H,2-3,6,8-9,11-13H2,1H3,(H2,17,19,20);1H. The summed E-state index contributed by atoms with van der Waals surface area (Å²) in [6.07, 6.45) is 8.43. The third-order valence-corrected chi connectivity index (χ3v) is 3.66. The van der Waals surface area contributed by atoms with Crippen LogP contribution in [0.3, 0.4) is 0 Å². The minimum Gasteiger partial charge on any atom is -0.378 e. The zero-order valence-corrected chi connectivity index (χ0v) is 15.6. The largest absolute Gasteiger partial charge is 0.378 e. The van der Waals surface area contributed by atoms with E-state index < -0.39 is 0 Å². The van der Waals surface area contributed by atoms with Crippen molar-refractivity contribution in [3.63, 3.8) is 0 Å². The average molecular weight is 418 g/mol. The molecule has 1 aliphatic rings. The maximum absolute atomic E-state index is 5.84. The van der Waals surface area contributed by atoms with Crippen LogP contribution in [-0.4, -0.2) is 37.2 Å². The van der Waals surface area contributed by atoms with Gasteiger partial charge in [0, 0.05) is 26.4 Å². The first-order valence-electron chi connectivity index (χ1n) is 7.84. The van der Waals surface area contributed by atoms with Crippen LogP contribution >= 0.6 is 24.0 Å². The maximum atomic E-state index is 5.84. The van der Waals surface area contributed by atoms with E-state index in [9.17, 15) is 0 Å². The van der Waals surface area contributed by atoms with Crippen LogP contribution in [0.1, 0.15) is 37.8 Å². The molecular formula is C16H27IN4O. The van der Waals surface area contributed by atoms with Gasteiger partial charge in [0.25, 0.3) is 0 Å². The Balaban J connectivity index is 0.00000242. The van der Waals surface area contributed by atoms with Gasteiger partial charge in [0.1, 0.15) is 0 Å². The molecule has 124 valence electrons. The van der Waals surface area contributed by atoms with Gasteiger partial charge in [-0.05, 0) is 31.4 Å². The predicted octanol–water partition coefficient (Wildman–Crippen LogP) is 2.71. The lowest BCUT2D eigenvalue weighted by atomic mass is 10.3. The number of nitrogens with one attached hydrogen (secondary N) is 2. The summed E-state index contributed by atoms with van der Waals surface area (Å²) in [4.78, 5) is 8.48. The van der Waals surface area contributed by atoms with Crippen molar-refractivity contribution >= 4 is 29.9 Å². The van der Waals surface area contributed by atoms with E-state index in [1.807, 2.05) is 18.2 Å². The highest BCUT2D eigenvalue weighted by molar-refractivity contribution is 14.0. The Morgan fingerprint density at radius 1 is 1.32 bits per heavy atom. The molecular weight excluding hydrogens is 391 g/mol. The van der Waals surface area contributed by atoms with Crippen LogP contribution in [0.15, 0.2) is 29.4 Å². The van der Waals surface area contributed by atoms with Crippen LogP contribution in [0.4, 0.5) is 0 Å². The third kappa shape index (κ3) is 7.40. The summed E-state index contributed by atoms with van der Waals surface area (Å²) >= 11 is 0. The Morgan fingerprint density at radius 3 is 2.82 bits per heavy atom. The molecule has 0 aromatic carbocycles. The number of hydrogen-bond acceptors (Lipinski definition) is 3. The lowest BCUT2D eigenvalue weighted by molar-refractivity contribution is 0.0574. The summed E-state index contributed by atoms with van der Waals surface area (Å²) in [5, 5.41) is 6.55. The second-order valence-electron chi connectivity index (χ2n) is 5.30. The number of aromatic nitrogens is 1. The zero-order valence-electron chi connectivity index (χ0n) is 13.3. The van der Waals surface area contributed by atoms with Gasteiger partial charge >= 0.3 is 0 Å². The van der Waals surface area contributed by atoms with Crippen LogP contribution in [0.5, 0.6) is 0 Å². The van der Waals surface area contributed by atoms with Gasteiger partial charge in [-0.3, -0.25) is 9.98 Å². The molecule has 0 radical (unpaired) electrons. The lowest BCUT2D eigenvalue weighted by Gasteiger charge is -2.13. The molecule has 0 atom stereocenters. The molecule has 1 fully saturated rings. The van der Waals surface area contributed by atoms with Gasteiger partial charge in [-0.15, -0.1) is 24.0 Å². The fourth-order valence-electron chi connectivity index (χ4n) is 2.48. The molecule has 2 rings (SSSR count). The molecule has 0 bridgehead atoms. The van der Waals surface area contributed by atoms with Crippen molar-refractivity contribution in [3.05, 3.63) is 30.1 Å². The Hall–Kier alpha value is -0.890. The van der Waals surface area contributed by atoms with E-state index in [1.165, 1.54) is 25.7 Å². The average Bonchev–Trinajstić information content (AvgIpc) is 3.04. The fraction of sp³-hybridized carbons (Fsp3) is 0.625. The predicted molar refractivity (Wildman–Crippen MR) is 101 cm³/mol. The minimum absolute atomic E-state index is 0. The summed E-state index contributed by atoms with van der Waals surface area (Å²) in [6, 6.07) is 5.90. The molecule has 0 spiro atoms. The third-order valence-electron chi connectivity index (χ3n) is 3.66. The van der Waals surface area contributed by atoms with Crippen molar-refractivity contribution in [2.24, 2.45) is 4.99 Å². The molecule has 1 aromatic rings. The molecule has 22 heavy (non-hydrogen) atoms. The Bertz CT molecular complexity index is 421. The van der Waals surface area contributed by atoms with Crippen LogP contribution in [-0.2, 0) is 11.3 Å². The van der Waals surface area contributed by atoms with Crippen molar-refractivity contribution < 1.29 is 4.74 Å². The van der Waals surface area contributed by atoms with Crippen LogP contribution in [0, 0.1) is 0 Å². The number of rotatable bonds is 7. The SMILES string of the molecule is CN=C(NCCCOC1CCCC1)NCc1ccccn1.I. The van der Waals surface area contributed by atoms with Gasteiger partial charge in [0.15, 0.2) is 5.96 Å². The number of halogens is 1. The quantitative estimate of drug-likeness (QED) is 0.310. The first-order chi connectivity index (χ1) is 10.4. The molecule has 0 saturated heterocycles. The zero-order chi connectivity index (χ0) is 14.8. The van der Waals surface area contributed by atoms with Crippen molar-refractivity contribution in [2.75, 3.05) is 20.2 Å². The smallest absolute Gasteiger partial charge is 0.191 e. The first-order valence-corrected chi connectivity index (χ1v) is 7.84. The highest BCUT2D eigenvalue weighted by atomic mass is 127. The molecule has 1 saturated carbocycles. The highest BCUT2D eigenvalue weighted by Crippen LogP contribution is 2.20. The molecule has 2 N–H and O–H groups in total. The van der Waals surface area contributed by atoms with Gasteiger partial charge in [-0.1, -0.05) is 18.9 Å². The van der Waals surface area contributed by atoms with E-state index in [0.717, 1.165) is 31.2 Å². The van der Waals surface area contributed by atoms with Gasteiger partial charge in [-0.2, -0.15) is 0 Å².